The third kappa shape index (κ3) is 4.08. The number of urea groups is 1. The number of amides is 3. The number of fused-ring (bicyclic) bond motifs is 1. The number of ether oxygens (including phenoxy) is 3. The molecular formula is C16H14N2O7. The zero-order chi connectivity index (χ0) is 17.8. The maximum absolute atomic E-state index is 11.8. The summed E-state index contributed by atoms with van der Waals surface area (Å²) in [7, 11) is 0. The lowest BCUT2D eigenvalue weighted by Crippen LogP contribution is -2.37. The highest BCUT2D eigenvalue weighted by molar-refractivity contribution is 6.02. The fraction of sp³-hybridized carbons (Fsp3) is 0.188. The number of aryl methyl sites for hydroxylation is 1. The second-order valence-corrected chi connectivity index (χ2v) is 5.06. The van der Waals surface area contributed by atoms with Crippen molar-refractivity contribution in [1.82, 2.24) is 5.32 Å². The fourth-order valence-electron chi connectivity index (χ4n) is 2.05. The SMILES string of the molecule is Cc1ccc(C(=O)OCC(=O)NC(=O)Nc2ccc3c(c2)OCO3)o1. The van der Waals surface area contributed by atoms with Crippen molar-refractivity contribution in [3.8, 4) is 11.5 Å². The lowest BCUT2D eigenvalue weighted by Gasteiger charge is -2.07. The highest BCUT2D eigenvalue weighted by Gasteiger charge is 2.17. The number of imide groups is 1. The smallest absolute Gasteiger partial charge is 0.374 e. The first-order valence-electron chi connectivity index (χ1n) is 7.25. The van der Waals surface area contributed by atoms with Crippen molar-refractivity contribution in [1.29, 1.82) is 0 Å². The van der Waals surface area contributed by atoms with Gasteiger partial charge in [0, 0.05) is 11.8 Å². The molecule has 2 N–H and O–H groups in total. The van der Waals surface area contributed by atoms with Crippen LogP contribution in [-0.2, 0) is 9.53 Å². The van der Waals surface area contributed by atoms with Gasteiger partial charge in [0.25, 0.3) is 5.91 Å². The van der Waals surface area contributed by atoms with Gasteiger partial charge in [0.15, 0.2) is 18.1 Å². The minimum absolute atomic E-state index is 0.0184. The van der Waals surface area contributed by atoms with Gasteiger partial charge < -0.3 is 23.9 Å². The highest BCUT2D eigenvalue weighted by Crippen LogP contribution is 2.34. The van der Waals surface area contributed by atoms with Crippen LogP contribution in [0.3, 0.4) is 0 Å². The Labute approximate surface area is 141 Å². The van der Waals surface area contributed by atoms with E-state index in [1.54, 1.807) is 31.2 Å². The Morgan fingerprint density at radius 2 is 1.92 bits per heavy atom. The largest absolute Gasteiger partial charge is 0.454 e. The maximum Gasteiger partial charge on any atom is 0.374 e. The molecule has 1 aliphatic rings. The lowest BCUT2D eigenvalue weighted by molar-refractivity contribution is -0.123. The van der Waals surface area contributed by atoms with E-state index in [2.05, 4.69) is 5.32 Å². The molecule has 3 amide bonds. The minimum atomic E-state index is -0.792. The number of hydrogen-bond acceptors (Lipinski definition) is 7. The van der Waals surface area contributed by atoms with Crippen LogP contribution in [-0.4, -0.2) is 31.3 Å². The molecule has 0 saturated heterocycles. The Morgan fingerprint density at radius 3 is 2.68 bits per heavy atom. The van der Waals surface area contributed by atoms with Crippen LogP contribution in [0.5, 0.6) is 11.5 Å². The van der Waals surface area contributed by atoms with Gasteiger partial charge in [-0.2, -0.15) is 0 Å². The molecule has 0 saturated carbocycles. The van der Waals surface area contributed by atoms with Gasteiger partial charge >= 0.3 is 12.0 Å². The van der Waals surface area contributed by atoms with E-state index < -0.39 is 24.5 Å². The maximum atomic E-state index is 11.8. The number of carbonyl (C=O) groups is 3. The third-order valence-electron chi connectivity index (χ3n) is 3.16. The summed E-state index contributed by atoms with van der Waals surface area (Å²) in [5.41, 5.74) is 0.414. The van der Waals surface area contributed by atoms with Crippen LogP contribution in [0.25, 0.3) is 0 Å². The van der Waals surface area contributed by atoms with Crippen LogP contribution in [0, 0.1) is 6.92 Å². The number of benzene rings is 1. The van der Waals surface area contributed by atoms with Crippen molar-refractivity contribution in [3.63, 3.8) is 0 Å². The summed E-state index contributed by atoms with van der Waals surface area (Å²) < 4.78 is 20.2. The Balaban J connectivity index is 1.46. The standard InChI is InChI=1S/C16H14N2O7/c1-9-2-4-12(25-9)15(20)22-7-14(19)18-16(21)17-10-3-5-11-13(6-10)24-8-23-11/h2-6H,7-8H2,1H3,(H2,17,18,19,21). The van der Waals surface area contributed by atoms with Gasteiger partial charge in [0.05, 0.1) is 0 Å². The van der Waals surface area contributed by atoms with Gasteiger partial charge in [-0.25, -0.2) is 9.59 Å². The fourth-order valence-corrected chi connectivity index (χ4v) is 2.05. The monoisotopic (exact) mass is 346 g/mol. The molecule has 2 aromatic rings. The second-order valence-electron chi connectivity index (χ2n) is 5.06. The average Bonchev–Trinajstić information content (AvgIpc) is 3.20. The first-order chi connectivity index (χ1) is 12.0. The zero-order valence-corrected chi connectivity index (χ0v) is 13.2. The number of hydrogen-bond donors (Lipinski definition) is 2. The van der Waals surface area contributed by atoms with Crippen LogP contribution in [0.15, 0.2) is 34.7 Å². The summed E-state index contributed by atoms with van der Waals surface area (Å²) in [5, 5.41) is 4.50. The van der Waals surface area contributed by atoms with E-state index in [0.717, 1.165) is 0 Å². The molecule has 25 heavy (non-hydrogen) atoms. The van der Waals surface area contributed by atoms with E-state index in [1.807, 2.05) is 5.32 Å². The van der Waals surface area contributed by atoms with Crippen molar-refractivity contribution in [2.75, 3.05) is 18.7 Å². The number of nitrogens with one attached hydrogen (secondary N) is 2. The van der Waals surface area contributed by atoms with Crippen LogP contribution in [0.1, 0.15) is 16.3 Å². The van der Waals surface area contributed by atoms with Crippen LogP contribution in [0.2, 0.25) is 0 Å². The van der Waals surface area contributed by atoms with Gasteiger partial charge in [-0.1, -0.05) is 0 Å². The Bertz CT molecular complexity index is 828. The van der Waals surface area contributed by atoms with Gasteiger partial charge in [0.2, 0.25) is 12.6 Å². The molecule has 9 heteroatoms. The van der Waals surface area contributed by atoms with Gasteiger partial charge in [-0.05, 0) is 31.2 Å². The van der Waals surface area contributed by atoms with Gasteiger partial charge in [-0.15, -0.1) is 0 Å². The van der Waals surface area contributed by atoms with Gasteiger partial charge in [0.1, 0.15) is 5.76 Å². The molecule has 0 spiro atoms. The molecule has 2 heterocycles. The molecule has 0 aliphatic carbocycles. The lowest BCUT2D eigenvalue weighted by atomic mass is 10.3. The molecule has 3 rings (SSSR count). The van der Waals surface area contributed by atoms with Crippen molar-refractivity contribution < 1.29 is 33.0 Å². The summed E-state index contributed by atoms with van der Waals surface area (Å²) in [4.78, 5) is 35.0. The predicted molar refractivity (Wildman–Crippen MR) is 83.5 cm³/mol. The first-order valence-corrected chi connectivity index (χ1v) is 7.25. The molecule has 0 radical (unpaired) electrons. The summed E-state index contributed by atoms with van der Waals surface area (Å²) in [6.45, 7) is 1.17. The molecule has 1 aromatic carbocycles. The summed E-state index contributed by atoms with van der Waals surface area (Å²) in [6, 6.07) is 7.04. The molecule has 1 aromatic heterocycles. The molecule has 0 atom stereocenters. The molecular weight excluding hydrogens is 332 g/mol. The summed E-state index contributed by atoms with van der Waals surface area (Å²) in [5.74, 6) is 0.0119. The van der Waals surface area contributed by atoms with Crippen molar-refractivity contribution >= 4 is 23.6 Å². The van der Waals surface area contributed by atoms with E-state index in [0.29, 0.717) is 22.9 Å². The molecule has 9 nitrogen and oxygen atoms in total. The Kier molecular flexibility index (Phi) is 4.55. The van der Waals surface area contributed by atoms with Crippen molar-refractivity contribution in [2.24, 2.45) is 0 Å². The van der Waals surface area contributed by atoms with Crippen molar-refractivity contribution in [3.05, 3.63) is 41.9 Å². The van der Waals surface area contributed by atoms with Crippen LogP contribution in [0.4, 0.5) is 10.5 Å². The number of carbonyl (C=O) groups excluding carboxylic acids is 3. The van der Waals surface area contributed by atoms with E-state index >= 15 is 0 Å². The average molecular weight is 346 g/mol. The Hall–Kier alpha value is -3.49. The predicted octanol–water partition coefficient (Wildman–Crippen LogP) is 1.82. The quantitative estimate of drug-likeness (QED) is 0.811. The van der Waals surface area contributed by atoms with E-state index in [4.69, 9.17) is 18.6 Å². The topological polar surface area (TPSA) is 116 Å². The first kappa shape index (κ1) is 16.4. The Morgan fingerprint density at radius 1 is 1.12 bits per heavy atom. The third-order valence-corrected chi connectivity index (χ3v) is 3.16. The van der Waals surface area contributed by atoms with E-state index in [-0.39, 0.29) is 12.6 Å². The minimum Gasteiger partial charge on any atom is -0.454 e. The highest BCUT2D eigenvalue weighted by atomic mass is 16.7. The summed E-state index contributed by atoms with van der Waals surface area (Å²) >= 11 is 0. The summed E-state index contributed by atoms with van der Waals surface area (Å²) in [6.07, 6.45) is 0. The molecule has 130 valence electrons. The van der Waals surface area contributed by atoms with E-state index in [1.165, 1.54) is 6.07 Å². The van der Waals surface area contributed by atoms with Crippen LogP contribution >= 0.6 is 0 Å². The second kappa shape index (κ2) is 6.95. The van der Waals surface area contributed by atoms with Crippen molar-refractivity contribution in [2.45, 2.75) is 6.92 Å². The number of esters is 1. The number of anilines is 1. The zero-order valence-electron chi connectivity index (χ0n) is 13.2. The number of furan rings is 1. The van der Waals surface area contributed by atoms with Crippen LogP contribution < -0.4 is 20.1 Å². The van der Waals surface area contributed by atoms with Gasteiger partial charge in [-0.3, -0.25) is 10.1 Å². The normalized spacial score (nSPS) is 11.7. The number of rotatable bonds is 4. The molecule has 1 aliphatic heterocycles. The van der Waals surface area contributed by atoms with E-state index in [9.17, 15) is 14.4 Å². The molecule has 0 unspecified atom stereocenters. The molecule has 0 bridgehead atoms. The molecule has 0 fully saturated rings.